The van der Waals surface area contributed by atoms with Gasteiger partial charge in [0.1, 0.15) is 0 Å². The van der Waals surface area contributed by atoms with Gasteiger partial charge in [-0.3, -0.25) is 0 Å². The first-order valence-corrected chi connectivity index (χ1v) is 7.38. The molecule has 17 heavy (non-hydrogen) atoms. The van der Waals surface area contributed by atoms with Gasteiger partial charge >= 0.3 is 0 Å². The summed E-state index contributed by atoms with van der Waals surface area (Å²) in [6, 6.07) is 0.719. The van der Waals surface area contributed by atoms with Gasteiger partial charge in [0.2, 0.25) is 0 Å². The first-order chi connectivity index (χ1) is 7.96. The van der Waals surface area contributed by atoms with Crippen LogP contribution in [0.1, 0.15) is 59.3 Å². The first kappa shape index (κ1) is 13.4. The van der Waals surface area contributed by atoms with E-state index in [1.54, 1.807) is 0 Å². The van der Waals surface area contributed by atoms with Gasteiger partial charge in [0.25, 0.3) is 0 Å². The molecular weight excluding hydrogens is 210 g/mol. The Bertz CT molecular complexity index is 243. The Kier molecular flexibility index (Phi) is 4.14. The standard InChI is InChI=1S/C15H29NO/c1-11-8-15(2,3)9-14(11)16-10-12-4-6-13(17)7-5-12/h11-14,16-17H,4-10H2,1-3H3. The number of rotatable bonds is 3. The topological polar surface area (TPSA) is 32.3 Å². The highest BCUT2D eigenvalue weighted by molar-refractivity contribution is 4.91. The molecule has 0 amide bonds. The second kappa shape index (κ2) is 5.27. The first-order valence-electron chi connectivity index (χ1n) is 7.38. The third-order valence-corrected chi connectivity index (χ3v) is 4.82. The van der Waals surface area contributed by atoms with Gasteiger partial charge in [-0.1, -0.05) is 20.8 Å². The second-order valence-corrected chi connectivity index (χ2v) is 7.24. The Labute approximate surface area is 106 Å². The van der Waals surface area contributed by atoms with E-state index in [4.69, 9.17) is 0 Å². The molecule has 2 N–H and O–H groups in total. The lowest BCUT2D eigenvalue weighted by molar-refractivity contribution is 0.107. The summed E-state index contributed by atoms with van der Waals surface area (Å²) >= 11 is 0. The molecule has 2 aliphatic rings. The molecule has 2 rings (SSSR count). The SMILES string of the molecule is CC1CC(C)(C)CC1NCC1CCC(O)CC1. The van der Waals surface area contributed by atoms with Crippen LogP contribution in [0, 0.1) is 17.3 Å². The second-order valence-electron chi connectivity index (χ2n) is 7.24. The molecule has 0 spiro atoms. The number of nitrogens with one attached hydrogen (secondary N) is 1. The zero-order chi connectivity index (χ0) is 12.5. The Morgan fingerprint density at radius 3 is 2.29 bits per heavy atom. The number of hydrogen-bond donors (Lipinski definition) is 2. The zero-order valence-corrected chi connectivity index (χ0v) is 11.7. The van der Waals surface area contributed by atoms with Crippen LogP contribution in [-0.2, 0) is 0 Å². The third-order valence-electron chi connectivity index (χ3n) is 4.82. The van der Waals surface area contributed by atoms with Gasteiger partial charge in [-0.2, -0.15) is 0 Å². The van der Waals surface area contributed by atoms with E-state index in [9.17, 15) is 5.11 Å². The van der Waals surface area contributed by atoms with Crippen molar-refractivity contribution < 1.29 is 5.11 Å². The minimum atomic E-state index is -0.0180. The summed E-state index contributed by atoms with van der Waals surface area (Å²) < 4.78 is 0. The normalized spacial score (nSPS) is 41.6. The minimum Gasteiger partial charge on any atom is -0.393 e. The van der Waals surface area contributed by atoms with Gasteiger partial charge < -0.3 is 10.4 Å². The summed E-state index contributed by atoms with van der Waals surface area (Å²) in [7, 11) is 0. The van der Waals surface area contributed by atoms with Crippen molar-refractivity contribution in [3.8, 4) is 0 Å². The van der Waals surface area contributed by atoms with Crippen molar-refractivity contribution in [3.05, 3.63) is 0 Å². The molecule has 0 heterocycles. The molecule has 2 heteroatoms. The lowest BCUT2D eigenvalue weighted by atomic mass is 9.87. The van der Waals surface area contributed by atoms with E-state index < -0.39 is 0 Å². The van der Waals surface area contributed by atoms with Crippen LogP contribution in [0.25, 0.3) is 0 Å². The summed E-state index contributed by atoms with van der Waals surface area (Å²) in [4.78, 5) is 0. The molecule has 2 unspecified atom stereocenters. The molecule has 2 fully saturated rings. The highest BCUT2D eigenvalue weighted by Crippen LogP contribution is 2.41. The average molecular weight is 239 g/mol. The fourth-order valence-electron chi connectivity index (χ4n) is 3.83. The Morgan fingerprint density at radius 1 is 1.12 bits per heavy atom. The Balaban J connectivity index is 1.72. The summed E-state index contributed by atoms with van der Waals surface area (Å²) in [5.74, 6) is 1.62. The number of aliphatic hydroxyl groups is 1. The van der Waals surface area contributed by atoms with Crippen LogP contribution in [0.5, 0.6) is 0 Å². The van der Waals surface area contributed by atoms with Crippen molar-refractivity contribution in [2.45, 2.75) is 71.4 Å². The summed E-state index contributed by atoms with van der Waals surface area (Å²) in [5.41, 5.74) is 0.528. The van der Waals surface area contributed by atoms with Gasteiger partial charge in [-0.25, -0.2) is 0 Å². The van der Waals surface area contributed by atoms with Crippen molar-refractivity contribution >= 4 is 0 Å². The molecule has 100 valence electrons. The molecule has 0 aromatic heterocycles. The largest absolute Gasteiger partial charge is 0.393 e. The molecule has 0 saturated heterocycles. The van der Waals surface area contributed by atoms with Crippen LogP contribution >= 0.6 is 0 Å². The molecule has 0 bridgehead atoms. The predicted octanol–water partition coefficient (Wildman–Crippen LogP) is 2.95. The van der Waals surface area contributed by atoms with Crippen molar-refractivity contribution in [2.75, 3.05) is 6.54 Å². The maximum atomic E-state index is 9.50. The van der Waals surface area contributed by atoms with E-state index in [0.29, 0.717) is 5.41 Å². The predicted molar refractivity (Wildman–Crippen MR) is 71.9 cm³/mol. The van der Waals surface area contributed by atoms with Crippen LogP contribution < -0.4 is 5.32 Å². The highest BCUT2D eigenvalue weighted by atomic mass is 16.3. The van der Waals surface area contributed by atoms with Gasteiger partial charge in [-0.15, -0.1) is 0 Å². The van der Waals surface area contributed by atoms with Gasteiger partial charge in [0.15, 0.2) is 0 Å². The molecule has 2 nitrogen and oxygen atoms in total. The quantitative estimate of drug-likeness (QED) is 0.793. The van der Waals surface area contributed by atoms with Crippen molar-refractivity contribution in [1.29, 1.82) is 0 Å². The zero-order valence-electron chi connectivity index (χ0n) is 11.7. The minimum absolute atomic E-state index is 0.0180. The van der Waals surface area contributed by atoms with E-state index in [2.05, 4.69) is 26.1 Å². The van der Waals surface area contributed by atoms with Crippen molar-refractivity contribution in [3.63, 3.8) is 0 Å². The maximum absolute atomic E-state index is 9.50. The van der Waals surface area contributed by atoms with Crippen LogP contribution in [0.4, 0.5) is 0 Å². The van der Waals surface area contributed by atoms with E-state index in [-0.39, 0.29) is 6.10 Å². The van der Waals surface area contributed by atoms with Crippen LogP contribution in [0.15, 0.2) is 0 Å². The fraction of sp³-hybridized carbons (Fsp3) is 1.00. The van der Waals surface area contributed by atoms with E-state index in [1.807, 2.05) is 0 Å². The lowest BCUT2D eigenvalue weighted by Gasteiger charge is -2.28. The summed E-state index contributed by atoms with van der Waals surface area (Å²) in [6.45, 7) is 8.33. The molecule has 2 atom stereocenters. The van der Waals surface area contributed by atoms with Crippen LogP contribution in [0.2, 0.25) is 0 Å². The fourth-order valence-corrected chi connectivity index (χ4v) is 3.83. The molecule has 0 aliphatic heterocycles. The van der Waals surface area contributed by atoms with Crippen LogP contribution in [-0.4, -0.2) is 23.8 Å². The maximum Gasteiger partial charge on any atom is 0.0540 e. The molecule has 0 aromatic rings. The summed E-state index contributed by atoms with van der Waals surface area (Å²) in [6.07, 6.45) is 7.10. The van der Waals surface area contributed by atoms with Crippen LogP contribution in [0.3, 0.4) is 0 Å². The Hall–Kier alpha value is -0.0800. The highest BCUT2D eigenvalue weighted by Gasteiger charge is 2.36. The summed E-state index contributed by atoms with van der Waals surface area (Å²) in [5, 5.41) is 13.3. The third kappa shape index (κ3) is 3.69. The van der Waals surface area contributed by atoms with E-state index in [1.165, 1.54) is 25.7 Å². The molecule has 2 saturated carbocycles. The van der Waals surface area contributed by atoms with E-state index in [0.717, 1.165) is 37.3 Å². The molecule has 0 aromatic carbocycles. The lowest BCUT2D eigenvalue weighted by Crippen LogP contribution is -2.37. The van der Waals surface area contributed by atoms with Gasteiger partial charge in [-0.05, 0) is 62.3 Å². The van der Waals surface area contributed by atoms with Gasteiger partial charge in [0.05, 0.1) is 6.10 Å². The van der Waals surface area contributed by atoms with E-state index >= 15 is 0 Å². The van der Waals surface area contributed by atoms with Gasteiger partial charge in [0, 0.05) is 6.04 Å². The molecular formula is C15H29NO. The number of aliphatic hydroxyl groups excluding tert-OH is 1. The Morgan fingerprint density at radius 2 is 1.76 bits per heavy atom. The molecule has 0 radical (unpaired) electrons. The smallest absolute Gasteiger partial charge is 0.0540 e. The average Bonchev–Trinajstić information content (AvgIpc) is 2.51. The van der Waals surface area contributed by atoms with Crippen molar-refractivity contribution in [1.82, 2.24) is 5.32 Å². The van der Waals surface area contributed by atoms with Crippen molar-refractivity contribution in [2.24, 2.45) is 17.3 Å². The molecule has 2 aliphatic carbocycles. The monoisotopic (exact) mass is 239 g/mol. The number of hydrogen-bond acceptors (Lipinski definition) is 2.